The Hall–Kier alpha value is -2.22. The van der Waals surface area contributed by atoms with Gasteiger partial charge in [0.1, 0.15) is 11.9 Å². The van der Waals surface area contributed by atoms with Crippen molar-refractivity contribution in [2.24, 2.45) is 7.05 Å². The first-order valence-corrected chi connectivity index (χ1v) is 10.5. The van der Waals surface area contributed by atoms with Crippen LogP contribution in [0.3, 0.4) is 0 Å². The van der Waals surface area contributed by atoms with Crippen molar-refractivity contribution in [2.45, 2.75) is 38.6 Å². The highest BCUT2D eigenvalue weighted by molar-refractivity contribution is 5.94. The molecule has 3 heterocycles. The average molecular weight is 398 g/mol. The molecule has 0 spiro atoms. The lowest BCUT2D eigenvalue weighted by Crippen LogP contribution is -2.49. The maximum absolute atomic E-state index is 13.2. The van der Waals surface area contributed by atoms with Crippen LogP contribution in [0.2, 0.25) is 0 Å². The standard InChI is InChI=1S/C22H31N5O2/c1-16-13-26(14-17(2)29-16)15-18-4-6-19(7-5-18)22(28)27-11-8-23-12-20(27)21-24-9-10-25(21)3/h4-7,9-10,16-17,20,23H,8,11-15H2,1-3H3. The molecular weight excluding hydrogens is 366 g/mol. The highest BCUT2D eigenvalue weighted by Crippen LogP contribution is 2.23. The van der Waals surface area contributed by atoms with Gasteiger partial charge in [0.25, 0.3) is 5.91 Å². The number of aryl methyl sites for hydroxylation is 1. The SMILES string of the molecule is CC1CN(Cc2ccc(C(=O)N3CCNCC3c3nccn3C)cc2)CC(C)O1. The van der Waals surface area contributed by atoms with Gasteiger partial charge in [-0.1, -0.05) is 12.1 Å². The molecule has 1 N–H and O–H groups in total. The van der Waals surface area contributed by atoms with E-state index in [2.05, 4.69) is 41.2 Å². The minimum Gasteiger partial charge on any atom is -0.373 e. The number of aromatic nitrogens is 2. The van der Waals surface area contributed by atoms with Crippen molar-refractivity contribution in [3.63, 3.8) is 0 Å². The quantitative estimate of drug-likeness (QED) is 0.853. The monoisotopic (exact) mass is 397 g/mol. The number of benzene rings is 1. The van der Waals surface area contributed by atoms with E-state index in [9.17, 15) is 4.79 Å². The first-order valence-electron chi connectivity index (χ1n) is 10.5. The van der Waals surface area contributed by atoms with E-state index in [4.69, 9.17) is 4.74 Å². The van der Waals surface area contributed by atoms with Crippen molar-refractivity contribution in [1.29, 1.82) is 0 Å². The lowest BCUT2D eigenvalue weighted by Gasteiger charge is -2.36. The number of nitrogens with zero attached hydrogens (tertiary/aromatic N) is 4. The van der Waals surface area contributed by atoms with Crippen LogP contribution in [0.1, 0.15) is 41.6 Å². The van der Waals surface area contributed by atoms with Crippen LogP contribution >= 0.6 is 0 Å². The molecule has 3 atom stereocenters. The third kappa shape index (κ3) is 4.52. The largest absolute Gasteiger partial charge is 0.373 e. The molecule has 0 saturated carbocycles. The fourth-order valence-corrected chi connectivity index (χ4v) is 4.47. The Morgan fingerprint density at radius 3 is 2.59 bits per heavy atom. The number of ether oxygens (including phenoxy) is 1. The Morgan fingerprint density at radius 1 is 1.21 bits per heavy atom. The van der Waals surface area contributed by atoms with Gasteiger partial charge in [0.05, 0.1) is 12.2 Å². The summed E-state index contributed by atoms with van der Waals surface area (Å²) in [6, 6.07) is 8.03. The van der Waals surface area contributed by atoms with Gasteiger partial charge in [-0.15, -0.1) is 0 Å². The fraction of sp³-hybridized carbons (Fsp3) is 0.545. The molecule has 4 rings (SSSR count). The summed E-state index contributed by atoms with van der Waals surface area (Å²) in [6.45, 7) is 9.22. The second kappa shape index (κ2) is 8.65. The molecule has 2 aliphatic heterocycles. The Labute approximate surface area is 172 Å². The molecule has 156 valence electrons. The predicted molar refractivity (Wildman–Crippen MR) is 112 cm³/mol. The summed E-state index contributed by atoms with van der Waals surface area (Å²) in [6.07, 6.45) is 4.23. The molecule has 2 aliphatic rings. The zero-order valence-electron chi connectivity index (χ0n) is 17.5. The van der Waals surface area contributed by atoms with E-state index >= 15 is 0 Å². The molecule has 2 aromatic rings. The summed E-state index contributed by atoms with van der Waals surface area (Å²) in [5.74, 6) is 0.984. The first-order chi connectivity index (χ1) is 14.0. The topological polar surface area (TPSA) is 62.6 Å². The number of rotatable bonds is 4. The van der Waals surface area contributed by atoms with Crippen LogP contribution in [-0.2, 0) is 18.3 Å². The van der Waals surface area contributed by atoms with Gasteiger partial charge in [-0.2, -0.15) is 0 Å². The van der Waals surface area contributed by atoms with Gasteiger partial charge < -0.3 is 19.5 Å². The van der Waals surface area contributed by atoms with E-state index in [0.717, 1.165) is 44.1 Å². The molecule has 29 heavy (non-hydrogen) atoms. The normalized spacial score (nSPS) is 25.9. The summed E-state index contributed by atoms with van der Waals surface area (Å²) < 4.78 is 7.81. The van der Waals surface area contributed by atoms with Crippen LogP contribution in [-0.4, -0.2) is 70.2 Å². The van der Waals surface area contributed by atoms with Crippen LogP contribution in [0.25, 0.3) is 0 Å². The Balaban J connectivity index is 1.45. The molecule has 0 radical (unpaired) electrons. The molecule has 0 aliphatic carbocycles. The minimum atomic E-state index is -0.0488. The highest BCUT2D eigenvalue weighted by Gasteiger charge is 2.31. The third-order valence-electron chi connectivity index (χ3n) is 5.76. The summed E-state index contributed by atoms with van der Waals surface area (Å²) in [7, 11) is 1.97. The van der Waals surface area contributed by atoms with E-state index in [1.54, 1.807) is 6.20 Å². The molecule has 2 fully saturated rings. The zero-order valence-corrected chi connectivity index (χ0v) is 17.5. The van der Waals surface area contributed by atoms with Crippen molar-refractivity contribution < 1.29 is 9.53 Å². The first kappa shape index (κ1) is 20.1. The van der Waals surface area contributed by atoms with Crippen LogP contribution in [0.15, 0.2) is 36.7 Å². The van der Waals surface area contributed by atoms with Crippen LogP contribution in [0.5, 0.6) is 0 Å². The predicted octanol–water partition coefficient (Wildman–Crippen LogP) is 1.82. The van der Waals surface area contributed by atoms with Gasteiger partial charge in [-0.05, 0) is 31.5 Å². The number of morpholine rings is 1. The van der Waals surface area contributed by atoms with E-state index in [1.165, 1.54) is 5.56 Å². The van der Waals surface area contributed by atoms with Gasteiger partial charge in [-0.25, -0.2) is 4.98 Å². The summed E-state index contributed by atoms with van der Waals surface area (Å²) in [5.41, 5.74) is 1.96. The maximum atomic E-state index is 13.2. The molecule has 1 aromatic heterocycles. The van der Waals surface area contributed by atoms with Crippen LogP contribution < -0.4 is 5.32 Å². The molecule has 7 nitrogen and oxygen atoms in total. The Morgan fingerprint density at radius 2 is 1.93 bits per heavy atom. The van der Waals surface area contributed by atoms with Crippen molar-refractivity contribution >= 4 is 5.91 Å². The van der Waals surface area contributed by atoms with E-state index in [1.807, 2.05) is 34.8 Å². The lowest BCUT2D eigenvalue weighted by molar-refractivity contribution is -0.0704. The number of carbonyl (C=O) groups excluding carboxylic acids is 1. The summed E-state index contributed by atoms with van der Waals surface area (Å²) in [4.78, 5) is 22.1. The number of amides is 1. The summed E-state index contributed by atoms with van der Waals surface area (Å²) >= 11 is 0. The number of carbonyl (C=O) groups is 1. The molecule has 2 saturated heterocycles. The number of hydrogen-bond acceptors (Lipinski definition) is 5. The van der Waals surface area contributed by atoms with Gasteiger partial charge in [0.2, 0.25) is 0 Å². The number of nitrogens with one attached hydrogen (secondary N) is 1. The van der Waals surface area contributed by atoms with Gasteiger partial charge in [-0.3, -0.25) is 9.69 Å². The second-order valence-electron chi connectivity index (χ2n) is 8.26. The minimum absolute atomic E-state index is 0.0488. The number of imidazole rings is 1. The molecule has 7 heteroatoms. The zero-order chi connectivity index (χ0) is 20.4. The molecule has 3 unspecified atom stereocenters. The van der Waals surface area contributed by atoms with E-state index in [0.29, 0.717) is 6.54 Å². The molecule has 0 bridgehead atoms. The third-order valence-corrected chi connectivity index (χ3v) is 5.76. The van der Waals surface area contributed by atoms with Crippen molar-refractivity contribution in [2.75, 3.05) is 32.7 Å². The smallest absolute Gasteiger partial charge is 0.254 e. The van der Waals surface area contributed by atoms with Crippen molar-refractivity contribution in [3.05, 3.63) is 53.6 Å². The van der Waals surface area contributed by atoms with Crippen molar-refractivity contribution in [3.8, 4) is 0 Å². The van der Waals surface area contributed by atoms with E-state index in [-0.39, 0.29) is 24.2 Å². The van der Waals surface area contributed by atoms with Crippen LogP contribution in [0.4, 0.5) is 0 Å². The Bertz CT molecular complexity index is 824. The molecule has 1 aromatic carbocycles. The molecular formula is C22H31N5O2. The number of hydrogen-bond donors (Lipinski definition) is 1. The maximum Gasteiger partial charge on any atom is 0.254 e. The second-order valence-corrected chi connectivity index (χ2v) is 8.26. The lowest BCUT2D eigenvalue weighted by atomic mass is 10.1. The van der Waals surface area contributed by atoms with Gasteiger partial charge >= 0.3 is 0 Å². The van der Waals surface area contributed by atoms with Gasteiger partial charge in [0, 0.05) is 64.3 Å². The fourth-order valence-electron chi connectivity index (χ4n) is 4.47. The van der Waals surface area contributed by atoms with Crippen molar-refractivity contribution in [1.82, 2.24) is 24.7 Å². The van der Waals surface area contributed by atoms with E-state index < -0.39 is 0 Å². The Kier molecular flexibility index (Phi) is 5.99. The highest BCUT2D eigenvalue weighted by atomic mass is 16.5. The number of piperazine rings is 1. The summed E-state index contributed by atoms with van der Waals surface area (Å²) in [5, 5.41) is 3.39. The van der Waals surface area contributed by atoms with Gasteiger partial charge in [0.15, 0.2) is 0 Å². The van der Waals surface area contributed by atoms with Crippen LogP contribution in [0, 0.1) is 0 Å². The molecule has 1 amide bonds. The average Bonchev–Trinajstić information content (AvgIpc) is 3.13.